The smallest absolute Gasteiger partial charge is 0.251 e. The number of aliphatic hydroxyl groups excluding tert-OH is 1. The summed E-state index contributed by atoms with van der Waals surface area (Å²) in [5, 5.41) is 12.2. The summed E-state index contributed by atoms with van der Waals surface area (Å²) in [6, 6.07) is 5.34. The lowest BCUT2D eigenvalue weighted by Crippen LogP contribution is -2.28. The van der Waals surface area contributed by atoms with Crippen LogP contribution in [0.4, 0.5) is 0 Å². The Morgan fingerprint density at radius 1 is 1.39 bits per heavy atom. The van der Waals surface area contributed by atoms with Crippen molar-refractivity contribution >= 4 is 37.8 Å². The average Bonchev–Trinajstić information content (AvgIpc) is 2.27. The SMILES string of the molecule is COCC(O)CCNC(=O)c1cc(Br)cc(Br)c1. The molecule has 2 N–H and O–H groups in total. The van der Waals surface area contributed by atoms with E-state index in [1.54, 1.807) is 12.1 Å². The minimum Gasteiger partial charge on any atom is -0.391 e. The Morgan fingerprint density at radius 2 is 2.00 bits per heavy atom. The molecule has 1 aromatic carbocycles. The molecular weight excluding hydrogens is 366 g/mol. The number of nitrogens with one attached hydrogen (secondary N) is 1. The summed E-state index contributed by atoms with van der Waals surface area (Å²) in [6.07, 6.45) is -0.0843. The molecule has 1 unspecified atom stereocenters. The third-order valence-corrected chi connectivity index (χ3v) is 3.16. The lowest BCUT2D eigenvalue weighted by Gasteiger charge is -2.10. The summed E-state index contributed by atoms with van der Waals surface area (Å²) in [7, 11) is 1.53. The topological polar surface area (TPSA) is 58.6 Å². The Labute approximate surface area is 123 Å². The van der Waals surface area contributed by atoms with Gasteiger partial charge in [-0.15, -0.1) is 0 Å². The van der Waals surface area contributed by atoms with Gasteiger partial charge in [-0.3, -0.25) is 4.79 Å². The van der Waals surface area contributed by atoms with Crippen LogP contribution < -0.4 is 5.32 Å². The number of carbonyl (C=O) groups excluding carboxylic acids is 1. The van der Waals surface area contributed by atoms with Crippen LogP contribution in [0.5, 0.6) is 0 Å². The zero-order chi connectivity index (χ0) is 13.5. The summed E-state index contributed by atoms with van der Waals surface area (Å²) in [5.74, 6) is -0.165. The minimum atomic E-state index is -0.551. The van der Waals surface area contributed by atoms with Crippen molar-refractivity contribution < 1.29 is 14.6 Å². The van der Waals surface area contributed by atoms with Crippen molar-refractivity contribution in [3.05, 3.63) is 32.7 Å². The van der Waals surface area contributed by atoms with Crippen LogP contribution in [0, 0.1) is 0 Å². The van der Waals surface area contributed by atoms with Crippen LogP contribution in [-0.2, 0) is 4.74 Å². The Balaban J connectivity index is 2.45. The number of methoxy groups -OCH3 is 1. The molecule has 0 aliphatic carbocycles. The van der Waals surface area contributed by atoms with E-state index in [0.29, 0.717) is 18.5 Å². The second-order valence-corrected chi connectivity index (χ2v) is 5.64. The van der Waals surface area contributed by atoms with Gasteiger partial charge in [0.15, 0.2) is 0 Å². The van der Waals surface area contributed by atoms with Gasteiger partial charge >= 0.3 is 0 Å². The highest BCUT2D eigenvalue weighted by Gasteiger charge is 2.08. The van der Waals surface area contributed by atoms with Gasteiger partial charge in [-0.1, -0.05) is 31.9 Å². The van der Waals surface area contributed by atoms with E-state index in [4.69, 9.17) is 4.74 Å². The summed E-state index contributed by atoms with van der Waals surface area (Å²) in [4.78, 5) is 11.8. The van der Waals surface area contributed by atoms with E-state index in [2.05, 4.69) is 37.2 Å². The molecule has 0 radical (unpaired) electrons. The highest BCUT2D eigenvalue weighted by molar-refractivity contribution is 9.11. The maximum absolute atomic E-state index is 11.8. The van der Waals surface area contributed by atoms with Crippen molar-refractivity contribution in [2.75, 3.05) is 20.3 Å². The van der Waals surface area contributed by atoms with Crippen LogP contribution in [0.25, 0.3) is 0 Å². The zero-order valence-electron chi connectivity index (χ0n) is 9.95. The van der Waals surface area contributed by atoms with E-state index in [1.165, 1.54) is 7.11 Å². The van der Waals surface area contributed by atoms with Crippen molar-refractivity contribution in [2.24, 2.45) is 0 Å². The lowest BCUT2D eigenvalue weighted by atomic mass is 10.2. The molecule has 0 saturated carbocycles. The van der Waals surface area contributed by atoms with E-state index in [0.717, 1.165) is 8.95 Å². The predicted molar refractivity (Wildman–Crippen MR) is 76.7 cm³/mol. The van der Waals surface area contributed by atoms with Gasteiger partial charge < -0.3 is 15.2 Å². The van der Waals surface area contributed by atoms with E-state index >= 15 is 0 Å². The van der Waals surface area contributed by atoms with Crippen LogP contribution >= 0.6 is 31.9 Å². The first-order chi connectivity index (χ1) is 8.52. The summed E-state index contributed by atoms with van der Waals surface area (Å²) >= 11 is 6.65. The van der Waals surface area contributed by atoms with Crippen molar-refractivity contribution in [3.63, 3.8) is 0 Å². The Bertz CT molecular complexity index is 392. The van der Waals surface area contributed by atoms with Gasteiger partial charge in [0.2, 0.25) is 0 Å². The molecule has 100 valence electrons. The first-order valence-corrected chi connectivity index (χ1v) is 7.03. The number of hydrogen-bond acceptors (Lipinski definition) is 3. The van der Waals surface area contributed by atoms with Crippen molar-refractivity contribution in [2.45, 2.75) is 12.5 Å². The second-order valence-electron chi connectivity index (χ2n) is 3.81. The molecule has 1 atom stereocenters. The molecular formula is C12H15Br2NO3. The van der Waals surface area contributed by atoms with E-state index in [9.17, 15) is 9.90 Å². The number of benzene rings is 1. The summed E-state index contributed by atoms with van der Waals surface area (Å²) in [5.41, 5.74) is 0.567. The maximum atomic E-state index is 11.8. The van der Waals surface area contributed by atoms with Crippen LogP contribution in [0.3, 0.4) is 0 Å². The van der Waals surface area contributed by atoms with Gasteiger partial charge in [-0.05, 0) is 24.6 Å². The van der Waals surface area contributed by atoms with Crippen molar-refractivity contribution in [1.29, 1.82) is 0 Å². The van der Waals surface area contributed by atoms with Crippen LogP contribution in [0.15, 0.2) is 27.1 Å². The number of hydrogen-bond donors (Lipinski definition) is 2. The van der Waals surface area contributed by atoms with Crippen LogP contribution in [-0.4, -0.2) is 37.4 Å². The number of rotatable bonds is 6. The number of ether oxygens (including phenoxy) is 1. The molecule has 1 rings (SSSR count). The molecule has 0 spiro atoms. The van der Waals surface area contributed by atoms with Gasteiger partial charge in [-0.25, -0.2) is 0 Å². The van der Waals surface area contributed by atoms with Gasteiger partial charge in [0.05, 0.1) is 12.7 Å². The molecule has 0 aliphatic rings. The largest absolute Gasteiger partial charge is 0.391 e. The standard InChI is InChI=1S/C12H15Br2NO3/c1-18-7-11(16)2-3-15-12(17)8-4-9(13)6-10(14)5-8/h4-6,11,16H,2-3,7H2,1H3,(H,15,17). The molecule has 0 fully saturated rings. The molecule has 1 aromatic rings. The Hall–Kier alpha value is -0.430. The maximum Gasteiger partial charge on any atom is 0.251 e. The van der Waals surface area contributed by atoms with Gasteiger partial charge in [-0.2, -0.15) is 0 Å². The molecule has 0 heterocycles. The molecule has 0 saturated heterocycles. The van der Waals surface area contributed by atoms with Gasteiger partial charge in [0.25, 0.3) is 5.91 Å². The summed E-state index contributed by atoms with van der Waals surface area (Å²) < 4.78 is 6.47. The molecule has 4 nitrogen and oxygen atoms in total. The monoisotopic (exact) mass is 379 g/mol. The van der Waals surface area contributed by atoms with Crippen LogP contribution in [0.1, 0.15) is 16.8 Å². The number of amides is 1. The van der Waals surface area contributed by atoms with Crippen molar-refractivity contribution in [3.8, 4) is 0 Å². The summed E-state index contributed by atoms with van der Waals surface area (Å²) in [6.45, 7) is 0.686. The van der Waals surface area contributed by atoms with Crippen LogP contribution in [0.2, 0.25) is 0 Å². The fourth-order valence-electron chi connectivity index (χ4n) is 1.42. The Morgan fingerprint density at radius 3 is 2.56 bits per heavy atom. The number of halogens is 2. The van der Waals surface area contributed by atoms with Gasteiger partial charge in [0, 0.05) is 28.2 Å². The zero-order valence-corrected chi connectivity index (χ0v) is 13.1. The predicted octanol–water partition coefficient (Wildman–Crippen LogP) is 2.34. The minimum absolute atomic E-state index is 0.165. The van der Waals surface area contributed by atoms with E-state index in [-0.39, 0.29) is 12.5 Å². The quantitative estimate of drug-likeness (QED) is 0.796. The van der Waals surface area contributed by atoms with Crippen molar-refractivity contribution in [1.82, 2.24) is 5.32 Å². The highest BCUT2D eigenvalue weighted by Crippen LogP contribution is 2.19. The number of aliphatic hydroxyl groups is 1. The molecule has 6 heteroatoms. The Kier molecular flexibility index (Phi) is 6.85. The molecule has 1 amide bonds. The molecule has 0 bridgehead atoms. The normalized spacial score (nSPS) is 12.2. The fraction of sp³-hybridized carbons (Fsp3) is 0.417. The second kappa shape index (κ2) is 7.89. The highest BCUT2D eigenvalue weighted by atomic mass is 79.9. The number of carbonyl (C=O) groups is 1. The first-order valence-electron chi connectivity index (χ1n) is 5.44. The molecule has 0 aliphatic heterocycles. The first kappa shape index (κ1) is 15.6. The lowest BCUT2D eigenvalue weighted by molar-refractivity contribution is 0.0587. The third kappa shape index (κ3) is 5.48. The van der Waals surface area contributed by atoms with Gasteiger partial charge in [0.1, 0.15) is 0 Å². The molecule has 18 heavy (non-hydrogen) atoms. The fourth-order valence-corrected chi connectivity index (χ4v) is 2.71. The average molecular weight is 381 g/mol. The van der Waals surface area contributed by atoms with E-state index < -0.39 is 6.10 Å². The third-order valence-electron chi connectivity index (χ3n) is 2.25. The molecule has 0 aromatic heterocycles. The van der Waals surface area contributed by atoms with E-state index in [1.807, 2.05) is 6.07 Å².